The molecule has 30 heavy (non-hydrogen) atoms. The predicted molar refractivity (Wildman–Crippen MR) is 132 cm³/mol. The summed E-state index contributed by atoms with van der Waals surface area (Å²) in [5, 5.41) is 0.297. The summed E-state index contributed by atoms with van der Waals surface area (Å²) in [6.45, 7) is 22.1. The molecular formula is C28H48OSi. The van der Waals surface area contributed by atoms with Gasteiger partial charge in [0.05, 0.1) is 0 Å². The Kier molecular flexibility index (Phi) is 5.59. The van der Waals surface area contributed by atoms with Crippen molar-refractivity contribution in [3.63, 3.8) is 0 Å². The maximum atomic E-state index is 6.88. The lowest BCUT2D eigenvalue weighted by Gasteiger charge is -2.55. The van der Waals surface area contributed by atoms with E-state index in [1.54, 1.807) is 5.57 Å². The van der Waals surface area contributed by atoms with Crippen molar-refractivity contribution in [2.24, 2.45) is 34.5 Å². The highest BCUT2D eigenvalue weighted by atomic mass is 28.4. The van der Waals surface area contributed by atoms with Gasteiger partial charge in [-0.2, -0.15) is 0 Å². The lowest BCUT2D eigenvalue weighted by atomic mass is 9.50. The molecule has 2 heteroatoms. The summed E-state index contributed by atoms with van der Waals surface area (Å²) in [6.07, 6.45) is 15.0. The summed E-state index contributed by atoms with van der Waals surface area (Å²) in [5.41, 5.74) is 4.46. The molecule has 0 heterocycles. The molecule has 0 spiro atoms. The quantitative estimate of drug-likeness (QED) is 0.409. The van der Waals surface area contributed by atoms with Crippen LogP contribution in [-0.4, -0.2) is 14.4 Å². The summed E-state index contributed by atoms with van der Waals surface area (Å²) in [4.78, 5) is 0. The summed E-state index contributed by atoms with van der Waals surface area (Å²) in [6, 6.07) is 0. The molecule has 0 aromatic rings. The number of fused-ring (bicyclic) bond motifs is 5. The number of hydrogen-bond donors (Lipinski definition) is 0. The summed E-state index contributed by atoms with van der Waals surface area (Å²) < 4.78 is 6.88. The molecule has 4 rings (SSSR count). The molecule has 0 saturated heterocycles. The van der Waals surface area contributed by atoms with E-state index in [1.807, 2.05) is 5.57 Å². The van der Waals surface area contributed by atoms with Crippen LogP contribution in [0.15, 0.2) is 23.3 Å². The van der Waals surface area contributed by atoms with E-state index in [0.29, 0.717) is 22.0 Å². The van der Waals surface area contributed by atoms with Crippen molar-refractivity contribution < 1.29 is 4.43 Å². The van der Waals surface area contributed by atoms with Crippen LogP contribution < -0.4 is 0 Å². The number of rotatable bonds is 3. The molecule has 4 aliphatic carbocycles. The minimum atomic E-state index is -1.70. The monoisotopic (exact) mass is 428 g/mol. The van der Waals surface area contributed by atoms with Crippen LogP contribution in [0.2, 0.25) is 18.1 Å². The molecule has 1 nitrogen and oxygen atoms in total. The second kappa shape index (κ2) is 7.34. The molecule has 0 N–H and O–H groups in total. The van der Waals surface area contributed by atoms with E-state index in [4.69, 9.17) is 4.43 Å². The highest BCUT2D eigenvalue weighted by Crippen LogP contribution is 2.66. The molecule has 0 unspecified atom stereocenters. The van der Waals surface area contributed by atoms with Gasteiger partial charge in [-0.3, -0.25) is 0 Å². The molecule has 0 aliphatic heterocycles. The second-order valence-electron chi connectivity index (χ2n) is 13.6. The second-order valence-corrected chi connectivity index (χ2v) is 18.4. The van der Waals surface area contributed by atoms with Crippen molar-refractivity contribution in [1.82, 2.24) is 0 Å². The third-order valence-electron chi connectivity index (χ3n) is 10.7. The lowest BCUT2D eigenvalue weighted by molar-refractivity contribution is 0.0378. The fourth-order valence-corrected chi connectivity index (χ4v) is 9.19. The van der Waals surface area contributed by atoms with Gasteiger partial charge >= 0.3 is 0 Å². The summed E-state index contributed by atoms with van der Waals surface area (Å²) in [7, 11) is -1.70. The average Bonchev–Trinajstić information content (AvgIpc) is 2.98. The van der Waals surface area contributed by atoms with E-state index < -0.39 is 8.32 Å². The number of allylic oxidation sites excluding steroid dienone is 3. The maximum Gasteiger partial charge on any atom is 0.192 e. The Morgan fingerprint density at radius 3 is 2.30 bits per heavy atom. The van der Waals surface area contributed by atoms with Crippen LogP contribution in [0.4, 0.5) is 0 Å². The standard InChI is InChI=1S/C28H48OSi/c1-19(2)23-12-13-24-22-11-10-20-18-21(29-30(8,9)26(3,4)5)14-16-27(20,6)25(22)15-17-28(23,24)7/h10-11,19,21,23-25H,12-18H2,1-9H3/t21-,23+,24-,25-,27-,28+/m0/s1. The van der Waals surface area contributed by atoms with Crippen LogP contribution >= 0.6 is 0 Å². The van der Waals surface area contributed by atoms with Gasteiger partial charge in [-0.15, -0.1) is 0 Å². The normalized spacial score (nSPS) is 41.7. The fourth-order valence-electron chi connectivity index (χ4n) is 7.80. The van der Waals surface area contributed by atoms with Crippen molar-refractivity contribution in [1.29, 1.82) is 0 Å². The first-order valence-corrected chi connectivity index (χ1v) is 15.8. The van der Waals surface area contributed by atoms with Crippen LogP contribution in [-0.2, 0) is 4.43 Å². The molecule has 0 bridgehead atoms. The largest absolute Gasteiger partial charge is 0.414 e. The van der Waals surface area contributed by atoms with Gasteiger partial charge in [0.25, 0.3) is 0 Å². The molecule has 4 aliphatic rings. The van der Waals surface area contributed by atoms with Crippen LogP contribution in [0, 0.1) is 34.5 Å². The van der Waals surface area contributed by atoms with Crippen molar-refractivity contribution >= 4 is 8.32 Å². The van der Waals surface area contributed by atoms with Crippen molar-refractivity contribution in [3.8, 4) is 0 Å². The lowest BCUT2D eigenvalue weighted by Crippen LogP contribution is -2.49. The van der Waals surface area contributed by atoms with Crippen LogP contribution in [0.5, 0.6) is 0 Å². The molecule has 0 radical (unpaired) electrons. The smallest absolute Gasteiger partial charge is 0.192 e. The molecule has 0 aromatic heterocycles. The first-order chi connectivity index (χ1) is 13.8. The number of hydrogen-bond acceptors (Lipinski definition) is 1. The van der Waals surface area contributed by atoms with Crippen LogP contribution in [0.3, 0.4) is 0 Å². The van der Waals surface area contributed by atoms with Gasteiger partial charge in [0, 0.05) is 6.10 Å². The molecule has 0 amide bonds. The Bertz CT molecular complexity index is 738. The maximum absolute atomic E-state index is 6.88. The SMILES string of the molecule is CC(C)[C@H]1CC[C@H]2C3=CC=C4C[C@@H](O[Si](C)(C)C(C)(C)C)CC[C@]4(C)[C@H]3CC[C@]12C. The first kappa shape index (κ1) is 22.8. The van der Waals surface area contributed by atoms with Crippen molar-refractivity contribution in [3.05, 3.63) is 23.3 Å². The van der Waals surface area contributed by atoms with Gasteiger partial charge in [0.2, 0.25) is 0 Å². The van der Waals surface area contributed by atoms with Crippen LogP contribution in [0.25, 0.3) is 0 Å². The van der Waals surface area contributed by atoms with Gasteiger partial charge in [-0.25, -0.2) is 0 Å². The average molecular weight is 429 g/mol. The van der Waals surface area contributed by atoms with E-state index in [0.717, 1.165) is 23.7 Å². The zero-order valence-electron chi connectivity index (χ0n) is 21.4. The zero-order chi connectivity index (χ0) is 22.1. The van der Waals surface area contributed by atoms with Crippen molar-refractivity contribution in [2.45, 2.75) is 118 Å². The molecule has 6 atom stereocenters. The van der Waals surface area contributed by atoms with E-state index in [9.17, 15) is 0 Å². The van der Waals surface area contributed by atoms with E-state index >= 15 is 0 Å². The Balaban J connectivity index is 1.57. The fraction of sp³-hybridized carbons (Fsp3) is 0.857. The predicted octanol–water partition coefficient (Wildman–Crippen LogP) is 8.53. The Morgan fingerprint density at radius 2 is 1.67 bits per heavy atom. The van der Waals surface area contributed by atoms with E-state index in [1.165, 1.54) is 44.9 Å². The van der Waals surface area contributed by atoms with Gasteiger partial charge in [0.15, 0.2) is 8.32 Å². The molecule has 3 fully saturated rings. The van der Waals surface area contributed by atoms with Gasteiger partial charge in [-0.1, -0.05) is 71.8 Å². The van der Waals surface area contributed by atoms with Gasteiger partial charge in [0.1, 0.15) is 0 Å². The Morgan fingerprint density at radius 1 is 0.967 bits per heavy atom. The highest BCUT2D eigenvalue weighted by molar-refractivity contribution is 6.74. The van der Waals surface area contributed by atoms with Crippen molar-refractivity contribution in [2.75, 3.05) is 0 Å². The summed E-state index contributed by atoms with van der Waals surface area (Å²) >= 11 is 0. The summed E-state index contributed by atoms with van der Waals surface area (Å²) in [5.74, 6) is 3.36. The Hall–Kier alpha value is -0.343. The molecule has 170 valence electrons. The third kappa shape index (κ3) is 3.43. The molecule has 0 aromatic carbocycles. The highest BCUT2D eigenvalue weighted by Gasteiger charge is 2.56. The molecular weight excluding hydrogens is 380 g/mol. The van der Waals surface area contributed by atoms with Gasteiger partial charge in [-0.05, 0) is 97.6 Å². The minimum absolute atomic E-state index is 0.297. The zero-order valence-corrected chi connectivity index (χ0v) is 22.4. The Labute approximate surface area is 188 Å². The van der Waals surface area contributed by atoms with Gasteiger partial charge < -0.3 is 4.43 Å². The van der Waals surface area contributed by atoms with E-state index in [-0.39, 0.29) is 0 Å². The third-order valence-corrected chi connectivity index (χ3v) is 15.2. The topological polar surface area (TPSA) is 9.23 Å². The first-order valence-electron chi connectivity index (χ1n) is 12.9. The van der Waals surface area contributed by atoms with Crippen LogP contribution in [0.1, 0.15) is 93.4 Å². The molecule has 3 saturated carbocycles. The van der Waals surface area contributed by atoms with E-state index in [2.05, 4.69) is 73.7 Å². The minimum Gasteiger partial charge on any atom is -0.414 e.